The third-order valence-electron chi connectivity index (χ3n) is 1.87. The molecule has 3 nitrogen and oxygen atoms in total. The Morgan fingerprint density at radius 2 is 2.08 bits per heavy atom. The summed E-state index contributed by atoms with van der Waals surface area (Å²) in [7, 11) is 1.61. The van der Waals surface area contributed by atoms with Gasteiger partial charge in [0, 0.05) is 13.5 Å². The first kappa shape index (κ1) is 12.4. The first-order valence-electron chi connectivity index (χ1n) is 4.89. The fraction of sp³-hybridized carbons (Fsp3) is 0.900. The van der Waals surface area contributed by atoms with Crippen molar-refractivity contribution in [1.29, 1.82) is 0 Å². The van der Waals surface area contributed by atoms with Crippen LogP contribution >= 0.6 is 0 Å². The molecule has 0 aliphatic heterocycles. The topological polar surface area (TPSA) is 35.5 Å². The van der Waals surface area contributed by atoms with E-state index in [-0.39, 0.29) is 12.1 Å². The Labute approximate surface area is 80.4 Å². The Morgan fingerprint density at radius 1 is 1.38 bits per heavy atom. The van der Waals surface area contributed by atoms with E-state index >= 15 is 0 Å². The zero-order valence-electron chi connectivity index (χ0n) is 8.84. The summed E-state index contributed by atoms with van der Waals surface area (Å²) in [5.74, 6) is -0.114. The zero-order chi connectivity index (χ0) is 10.1. The molecule has 0 aliphatic carbocycles. The summed E-state index contributed by atoms with van der Waals surface area (Å²) >= 11 is 0. The van der Waals surface area contributed by atoms with E-state index < -0.39 is 0 Å². The van der Waals surface area contributed by atoms with Crippen molar-refractivity contribution < 1.29 is 14.3 Å². The van der Waals surface area contributed by atoms with Gasteiger partial charge in [-0.15, -0.1) is 0 Å². The molecule has 0 rings (SSSR count). The van der Waals surface area contributed by atoms with E-state index in [0.29, 0.717) is 13.0 Å². The molecule has 78 valence electrons. The minimum atomic E-state index is -0.114. The van der Waals surface area contributed by atoms with Crippen LogP contribution in [0.3, 0.4) is 0 Å². The van der Waals surface area contributed by atoms with Crippen LogP contribution in [0.15, 0.2) is 0 Å². The number of methoxy groups -OCH3 is 1. The first-order valence-corrected chi connectivity index (χ1v) is 4.89. The van der Waals surface area contributed by atoms with Gasteiger partial charge in [-0.1, -0.05) is 19.8 Å². The molecule has 0 fully saturated rings. The molecule has 0 spiro atoms. The van der Waals surface area contributed by atoms with Crippen LogP contribution < -0.4 is 0 Å². The Hall–Kier alpha value is -0.570. The summed E-state index contributed by atoms with van der Waals surface area (Å²) in [5.41, 5.74) is 0. The smallest absolute Gasteiger partial charge is 0.305 e. The van der Waals surface area contributed by atoms with Crippen LogP contribution in [0.1, 0.15) is 39.5 Å². The maximum atomic E-state index is 11.1. The van der Waals surface area contributed by atoms with E-state index in [9.17, 15) is 4.79 Å². The predicted octanol–water partition coefficient (Wildman–Crippen LogP) is 2.14. The van der Waals surface area contributed by atoms with Gasteiger partial charge in [-0.3, -0.25) is 4.79 Å². The second-order valence-corrected chi connectivity index (χ2v) is 3.19. The average Bonchev–Trinajstić information content (AvgIpc) is 2.14. The van der Waals surface area contributed by atoms with Gasteiger partial charge in [0.15, 0.2) is 0 Å². The summed E-state index contributed by atoms with van der Waals surface area (Å²) in [5, 5.41) is 0. The van der Waals surface area contributed by atoms with Crippen molar-refractivity contribution in [2.45, 2.75) is 45.6 Å². The Bertz CT molecular complexity index is 134. The number of hydrogen-bond donors (Lipinski definition) is 0. The molecular formula is C10H20O3. The Morgan fingerprint density at radius 3 is 2.62 bits per heavy atom. The van der Waals surface area contributed by atoms with Crippen molar-refractivity contribution in [2.24, 2.45) is 0 Å². The van der Waals surface area contributed by atoms with E-state index in [2.05, 4.69) is 6.92 Å². The van der Waals surface area contributed by atoms with Crippen molar-refractivity contribution >= 4 is 5.97 Å². The molecule has 3 heteroatoms. The number of unbranched alkanes of at least 4 members (excludes halogenated alkanes) is 2. The minimum absolute atomic E-state index is 0.00451. The van der Waals surface area contributed by atoms with Gasteiger partial charge >= 0.3 is 5.97 Å². The SMILES string of the molecule is CCCCCC(=O)OCC(C)OC. The van der Waals surface area contributed by atoms with Gasteiger partial charge in [0.2, 0.25) is 0 Å². The number of carbonyl (C=O) groups excluding carboxylic acids is 1. The maximum Gasteiger partial charge on any atom is 0.305 e. The van der Waals surface area contributed by atoms with Crippen LogP contribution in [0.5, 0.6) is 0 Å². The highest BCUT2D eigenvalue weighted by Gasteiger charge is 2.05. The highest BCUT2D eigenvalue weighted by molar-refractivity contribution is 5.69. The van der Waals surface area contributed by atoms with Crippen LogP contribution in [0, 0.1) is 0 Å². The first-order chi connectivity index (χ1) is 6.20. The number of carbonyl (C=O) groups is 1. The highest BCUT2D eigenvalue weighted by Crippen LogP contribution is 2.01. The molecule has 0 saturated carbocycles. The van der Waals surface area contributed by atoms with Crippen molar-refractivity contribution in [3.8, 4) is 0 Å². The number of hydrogen-bond acceptors (Lipinski definition) is 3. The van der Waals surface area contributed by atoms with Gasteiger partial charge in [0.25, 0.3) is 0 Å². The third-order valence-corrected chi connectivity index (χ3v) is 1.87. The van der Waals surface area contributed by atoms with Crippen molar-refractivity contribution in [3.05, 3.63) is 0 Å². The van der Waals surface area contributed by atoms with Gasteiger partial charge in [-0.25, -0.2) is 0 Å². The van der Waals surface area contributed by atoms with Gasteiger partial charge < -0.3 is 9.47 Å². The van der Waals surface area contributed by atoms with Crippen LogP contribution in [-0.2, 0) is 14.3 Å². The van der Waals surface area contributed by atoms with Crippen LogP contribution in [0.4, 0.5) is 0 Å². The normalized spacial score (nSPS) is 12.5. The van der Waals surface area contributed by atoms with Crippen LogP contribution in [0.2, 0.25) is 0 Å². The highest BCUT2D eigenvalue weighted by atomic mass is 16.6. The van der Waals surface area contributed by atoms with Gasteiger partial charge in [0.1, 0.15) is 6.61 Å². The van der Waals surface area contributed by atoms with Crippen molar-refractivity contribution in [1.82, 2.24) is 0 Å². The summed E-state index contributed by atoms with van der Waals surface area (Å²) in [6, 6.07) is 0. The molecule has 0 aromatic heterocycles. The molecule has 0 bridgehead atoms. The van der Waals surface area contributed by atoms with E-state index in [1.54, 1.807) is 7.11 Å². The van der Waals surface area contributed by atoms with E-state index in [1.807, 2.05) is 6.92 Å². The maximum absolute atomic E-state index is 11.1. The lowest BCUT2D eigenvalue weighted by Gasteiger charge is -2.09. The molecule has 0 radical (unpaired) electrons. The van der Waals surface area contributed by atoms with E-state index in [1.165, 1.54) is 0 Å². The van der Waals surface area contributed by atoms with Gasteiger partial charge in [0.05, 0.1) is 6.10 Å². The molecule has 0 heterocycles. The van der Waals surface area contributed by atoms with Crippen molar-refractivity contribution in [2.75, 3.05) is 13.7 Å². The molecule has 0 aromatic carbocycles. The fourth-order valence-corrected chi connectivity index (χ4v) is 0.870. The summed E-state index contributed by atoms with van der Waals surface area (Å²) in [6.45, 7) is 4.35. The lowest BCUT2D eigenvalue weighted by Crippen LogP contribution is -2.17. The van der Waals surface area contributed by atoms with E-state index in [0.717, 1.165) is 19.3 Å². The Balaban J connectivity index is 3.30. The molecule has 0 aliphatic rings. The van der Waals surface area contributed by atoms with Crippen molar-refractivity contribution in [3.63, 3.8) is 0 Å². The molecule has 0 N–H and O–H groups in total. The standard InChI is InChI=1S/C10H20O3/c1-4-5-6-7-10(11)13-8-9(2)12-3/h9H,4-8H2,1-3H3. The largest absolute Gasteiger partial charge is 0.463 e. The molecule has 0 amide bonds. The molecule has 1 unspecified atom stereocenters. The minimum Gasteiger partial charge on any atom is -0.463 e. The average molecular weight is 188 g/mol. The number of ether oxygens (including phenoxy) is 2. The third kappa shape index (κ3) is 7.78. The lowest BCUT2D eigenvalue weighted by molar-refractivity contribution is -0.147. The molecular weight excluding hydrogens is 168 g/mol. The molecule has 0 aromatic rings. The number of rotatable bonds is 7. The summed E-state index contributed by atoms with van der Waals surface area (Å²) < 4.78 is 9.93. The second-order valence-electron chi connectivity index (χ2n) is 3.19. The summed E-state index contributed by atoms with van der Waals surface area (Å²) in [4.78, 5) is 11.1. The number of esters is 1. The second kappa shape index (κ2) is 8.05. The quantitative estimate of drug-likeness (QED) is 0.453. The zero-order valence-corrected chi connectivity index (χ0v) is 8.84. The van der Waals surface area contributed by atoms with Gasteiger partial charge in [-0.2, -0.15) is 0 Å². The monoisotopic (exact) mass is 188 g/mol. The molecule has 1 atom stereocenters. The fourth-order valence-electron chi connectivity index (χ4n) is 0.870. The summed E-state index contributed by atoms with van der Waals surface area (Å²) in [6.07, 6.45) is 3.67. The molecule has 0 saturated heterocycles. The predicted molar refractivity (Wildman–Crippen MR) is 51.6 cm³/mol. The van der Waals surface area contributed by atoms with Crippen LogP contribution in [0.25, 0.3) is 0 Å². The van der Waals surface area contributed by atoms with Gasteiger partial charge in [-0.05, 0) is 13.3 Å². The Kier molecular flexibility index (Phi) is 7.69. The molecule has 13 heavy (non-hydrogen) atoms. The van der Waals surface area contributed by atoms with Crippen LogP contribution in [-0.4, -0.2) is 25.8 Å². The van der Waals surface area contributed by atoms with E-state index in [4.69, 9.17) is 9.47 Å². The lowest BCUT2D eigenvalue weighted by atomic mass is 10.2.